The second kappa shape index (κ2) is 11.7. The van der Waals surface area contributed by atoms with Gasteiger partial charge in [-0.3, -0.25) is 9.79 Å². The zero-order valence-corrected chi connectivity index (χ0v) is 17.8. The van der Waals surface area contributed by atoms with Gasteiger partial charge in [0.1, 0.15) is 6.54 Å². The summed E-state index contributed by atoms with van der Waals surface area (Å²) >= 11 is 0. The molecule has 0 heterocycles. The molecule has 0 spiro atoms. The molecule has 0 aliphatic carbocycles. The Balaban J connectivity index is 0.00000676. The summed E-state index contributed by atoms with van der Waals surface area (Å²) in [5, 5.41) is 5.65. The maximum Gasteiger partial charge on any atom is 0.406 e. The molecule has 2 N–H and O–H groups in total. The second-order valence-electron chi connectivity index (χ2n) is 5.33. The first-order chi connectivity index (χ1) is 12.2. The molecule has 27 heavy (non-hydrogen) atoms. The number of benzene rings is 1. The Morgan fingerprint density at radius 3 is 2.33 bits per heavy atom. The standard InChI is InChI=1S/C16H23F3N4O3.HI/c1-20-15(22-9-14(24)23(2)10-16(17,18)19)21-8-11-5-6-12(25-3)13(7-11)26-4;/h5-7H,8-10H2,1-4H3,(H2,20,21,22);1H. The number of methoxy groups -OCH3 is 2. The predicted molar refractivity (Wildman–Crippen MR) is 107 cm³/mol. The van der Waals surface area contributed by atoms with Gasteiger partial charge in [0.05, 0.1) is 20.8 Å². The number of carbonyl (C=O) groups is 1. The molecule has 0 aliphatic heterocycles. The molecule has 154 valence electrons. The van der Waals surface area contributed by atoms with Gasteiger partial charge in [-0.15, -0.1) is 24.0 Å². The average molecular weight is 504 g/mol. The number of likely N-dealkylation sites (N-methyl/N-ethyl adjacent to an activating group) is 1. The van der Waals surface area contributed by atoms with E-state index in [9.17, 15) is 18.0 Å². The van der Waals surface area contributed by atoms with Crippen LogP contribution in [0.3, 0.4) is 0 Å². The average Bonchev–Trinajstić information content (AvgIpc) is 2.59. The van der Waals surface area contributed by atoms with Crippen molar-refractivity contribution >= 4 is 35.8 Å². The molecule has 0 saturated heterocycles. The number of hydrogen-bond acceptors (Lipinski definition) is 4. The van der Waals surface area contributed by atoms with E-state index in [2.05, 4.69) is 15.6 Å². The molecule has 7 nitrogen and oxygen atoms in total. The lowest BCUT2D eigenvalue weighted by Gasteiger charge is -2.20. The van der Waals surface area contributed by atoms with Gasteiger partial charge >= 0.3 is 6.18 Å². The van der Waals surface area contributed by atoms with E-state index in [1.54, 1.807) is 12.1 Å². The van der Waals surface area contributed by atoms with Crippen molar-refractivity contribution in [3.05, 3.63) is 23.8 Å². The number of amides is 1. The van der Waals surface area contributed by atoms with E-state index in [1.807, 2.05) is 6.07 Å². The van der Waals surface area contributed by atoms with Crippen LogP contribution in [-0.4, -0.2) is 64.3 Å². The van der Waals surface area contributed by atoms with Gasteiger partial charge in [0.25, 0.3) is 0 Å². The van der Waals surface area contributed by atoms with Gasteiger partial charge in [0, 0.05) is 20.6 Å². The van der Waals surface area contributed by atoms with Gasteiger partial charge in [-0.2, -0.15) is 13.2 Å². The van der Waals surface area contributed by atoms with Crippen molar-refractivity contribution in [2.75, 3.05) is 41.4 Å². The molecule has 0 aromatic heterocycles. The topological polar surface area (TPSA) is 75.2 Å². The maximum atomic E-state index is 12.3. The summed E-state index contributed by atoms with van der Waals surface area (Å²) in [6, 6.07) is 5.35. The fraction of sp³-hybridized carbons (Fsp3) is 0.500. The summed E-state index contributed by atoms with van der Waals surface area (Å²) in [7, 11) is 5.65. The van der Waals surface area contributed by atoms with E-state index in [4.69, 9.17) is 9.47 Å². The number of guanidine groups is 1. The second-order valence-corrected chi connectivity index (χ2v) is 5.33. The minimum Gasteiger partial charge on any atom is -0.493 e. The Hall–Kier alpha value is -1.92. The minimum absolute atomic E-state index is 0. The van der Waals surface area contributed by atoms with Crippen LogP contribution in [0.1, 0.15) is 5.56 Å². The molecule has 0 bridgehead atoms. The van der Waals surface area contributed by atoms with Crippen molar-refractivity contribution in [3.8, 4) is 11.5 Å². The van der Waals surface area contributed by atoms with Crippen LogP contribution in [0.5, 0.6) is 11.5 Å². The summed E-state index contributed by atoms with van der Waals surface area (Å²) < 4.78 is 47.2. The molecular formula is C16H24F3IN4O3. The van der Waals surface area contributed by atoms with Crippen molar-refractivity contribution in [3.63, 3.8) is 0 Å². The lowest BCUT2D eigenvalue weighted by molar-refractivity contribution is -0.157. The number of rotatable bonds is 7. The highest BCUT2D eigenvalue weighted by Gasteiger charge is 2.31. The van der Waals surface area contributed by atoms with Crippen molar-refractivity contribution in [2.24, 2.45) is 4.99 Å². The van der Waals surface area contributed by atoms with Gasteiger partial charge in [-0.25, -0.2) is 0 Å². The number of nitrogens with one attached hydrogen (secondary N) is 2. The highest BCUT2D eigenvalue weighted by molar-refractivity contribution is 14.0. The Bertz CT molecular complexity index is 642. The van der Waals surface area contributed by atoms with Crippen LogP contribution in [-0.2, 0) is 11.3 Å². The predicted octanol–water partition coefficient (Wildman–Crippen LogP) is 2.01. The number of carbonyl (C=O) groups excluding carboxylic acids is 1. The quantitative estimate of drug-likeness (QED) is 0.338. The summed E-state index contributed by atoms with van der Waals surface area (Å²) in [4.78, 5) is 16.3. The molecular weight excluding hydrogens is 480 g/mol. The largest absolute Gasteiger partial charge is 0.493 e. The van der Waals surface area contributed by atoms with E-state index < -0.39 is 18.6 Å². The fourth-order valence-electron chi connectivity index (χ4n) is 2.05. The van der Waals surface area contributed by atoms with Crippen LogP contribution in [0.4, 0.5) is 13.2 Å². The van der Waals surface area contributed by atoms with Gasteiger partial charge < -0.3 is 25.0 Å². The third kappa shape index (κ3) is 9.02. The summed E-state index contributed by atoms with van der Waals surface area (Å²) in [5.74, 6) is 0.751. The normalized spacial score (nSPS) is 11.3. The first-order valence-electron chi connectivity index (χ1n) is 7.66. The molecule has 0 aliphatic rings. The lowest BCUT2D eigenvalue weighted by Crippen LogP contribution is -2.45. The van der Waals surface area contributed by atoms with Crippen molar-refractivity contribution < 1.29 is 27.4 Å². The smallest absolute Gasteiger partial charge is 0.406 e. The van der Waals surface area contributed by atoms with E-state index in [0.717, 1.165) is 12.6 Å². The number of ether oxygens (including phenoxy) is 2. The molecule has 1 aromatic rings. The molecule has 0 fully saturated rings. The Morgan fingerprint density at radius 2 is 1.81 bits per heavy atom. The molecule has 0 radical (unpaired) electrons. The number of aliphatic imine (C=N–C) groups is 1. The number of halogens is 4. The molecule has 1 aromatic carbocycles. The lowest BCUT2D eigenvalue weighted by atomic mass is 10.2. The highest BCUT2D eigenvalue weighted by atomic mass is 127. The first-order valence-corrected chi connectivity index (χ1v) is 7.66. The van der Waals surface area contributed by atoms with Crippen LogP contribution in [0.15, 0.2) is 23.2 Å². The maximum absolute atomic E-state index is 12.3. The van der Waals surface area contributed by atoms with E-state index in [-0.39, 0.29) is 36.5 Å². The van der Waals surface area contributed by atoms with Crippen LogP contribution in [0.25, 0.3) is 0 Å². The summed E-state index contributed by atoms with van der Waals surface area (Å²) in [5.41, 5.74) is 0.867. The van der Waals surface area contributed by atoms with Gasteiger partial charge in [-0.1, -0.05) is 6.07 Å². The Morgan fingerprint density at radius 1 is 1.19 bits per heavy atom. The molecule has 11 heteroatoms. The number of alkyl halides is 3. The SMILES string of the molecule is CN=C(NCC(=O)N(C)CC(F)(F)F)NCc1ccc(OC)c(OC)c1.I. The van der Waals surface area contributed by atoms with E-state index in [0.29, 0.717) is 22.9 Å². The van der Waals surface area contributed by atoms with E-state index >= 15 is 0 Å². The Labute approximate surface area is 173 Å². The molecule has 1 rings (SSSR count). The zero-order chi connectivity index (χ0) is 19.7. The van der Waals surface area contributed by atoms with E-state index in [1.165, 1.54) is 21.3 Å². The van der Waals surface area contributed by atoms with Gasteiger partial charge in [0.2, 0.25) is 5.91 Å². The Kier molecular flexibility index (Phi) is 10.9. The van der Waals surface area contributed by atoms with Gasteiger partial charge in [-0.05, 0) is 17.7 Å². The van der Waals surface area contributed by atoms with Crippen molar-refractivity contribution in [2.45, 2.75) is 12.7 Å². The molecule has 0 unspecified atom stereocenters. The van der Waals surface area contributed by atoms with Crippen LogP contribution >= 0.6 is 24.0 Å². The third-order valence-electron chi connectivity index (χ3n) is 3.38. The van der Waals surface area contributed by atoms with Crippen LogP contribution in [0.2, 0.25) is 0 Å². The first kappa shape index (κ1) is 25.1. The van der Waals surface area contributed by atoms with Crippen LogP contribution in [0, 0.1) is 0 Å². The van der Waals surface area contributed by atoms with Crippen LogP contribution < -0.4 is 20.1 Å². The minimum atomic E-state index is -4.43. The third-order valence-corrected chi connectivity index (χ3v) is 3.38. The van der Waals surface area contributed by atoms with Crippen molar-refractivity contribution in [1.82, 2.24) is 15.5 Å². The fourth-order valence-corrected chi connectivity index (χ4v) is 2.05. The van der Waals surface area contributed by atoms with Crippen molar-refractivity contribution in [1.29, 1.82) is 0 Å². The van der Waals surface area contributed by atoms with Gasteiger partial charge in [0.15, 0.2) is 17.5 Å². The summed E-state index contributed by atoms with van der Waals surface area (Å²) in [6.45, 7) is -1.24. The molecule has 0 saturated carbocycles. The number of nitrogens with zero attached hydrogens (tertiary/aromatic N) is 2. The molecule has 0 atom stereocenters. The zero-order valence-electron chi connectivity index (χ0n) is 15.5. The summed E-state index contributed by atoms with van der Waals surface area (Å²) in [6.07, 6.45) is -4.43. The molecule has 1 amide bonds. The number of hydrogen-bond donors (Lipinski definition) is 2. The highest BCUT2D eigenvalue weighted by Crippen LogP contribution is 2.27. The monoisotopic (exact) mass is 504 g/mol.